The van der Waals surface area contributed by atoms with Crippen LogP contribution in [0.5, 0.6) is 5.75 Å². The molecule has 53 heavy (non-hydrogen) atoms. The Morgan fingerprint density at radius 1 is 1.02 bits per heavy atom. The summed E-state index contributed by atoms with van der Waals surface area (Å²) in [6.45, 7) is 16.6. The van der Waals surface area contributed by atoms with Crippen molar-refractivity contribution >= 4 is 20.1 Å². The fourth-order valence-corrected chi connectivity index (χ4v) is 11.1. The fraction of sp³-hybridized carbons (Fsp3) is 0.659. The first kappa shape index (κ1) is 38.6. The van der Waals surface area contributed by atoms with Crippen molar-refractivity contribution in [1.82, 2.24) is 0 Å². The molecule has 2 bridgehead atoms. The van der Waals surface area contributed by atoms with E-state index in [1.165, 1.54) is 7.11 Å². The molecule has 7 rings (SSSR count). The van der Waals surface area contributed by atoms with E-state index in [0.717, 1.165) is 5.56 Å². The number of aliphatic hydroxyl groups excluding tert-OH is 1. The zero-order valence-corrected chi connectivity index (χ0v) is 33.6. The topological polar surface area (TPSA) is 146 Å². The van der Waals surface area contributed by atoms with Crippen molar-refractivity contribution in [2.75, 3.05) is 20.8 Å². The number of rotatable bonds is 9. The van der Waals surface area contributed by atoms with Crippen LogP contribution in [0.15, 0.2) is 54.6 Å². The summed E-state index contributed by atoms with van der Waals surface area (Å²) in [5.41, 5.74) is -4.85. The van der Waals surface area contributed by atoms with Crippen molar-refractivity contribution in [3.05, 3.63) is 65.7 Å². The monoisotopic (exact) mass is 752 g/mol. The first-order chi connectivity index (χ1) is 24.7. The van der Waals surface area contributed by atoms with Gasteiger partial charge >= 0.3 is 5.97 Å². The number of aliphatic hydroxyl groups is 2. The third-order valence-electron chi connectivity index (χ3n) is 14.1. The van der Waals surface area contributed by atoms with Crippen LogP contribution in [0.25, 0.3) is 0 Å². The van der Waals surface area contributed by atoms with Gasteiger partial charge in [-0.25, -0.2) is 4.79 Å². The third kappa shape index (κ3) is 5.61. The highest BCUT2D eigenvalue weighted by Crippen LogP contribution is 2.70. The van der Waals surface area contributed by atoms with Crippen molar-refractivity contribution < 1.29 is 52.6 Å². The van der Waals surface area contributed by atoms with Crippen molar-refractivity contribution in [1.29, 1.82) is 0 Å². The lowest BCUT2D eigenvalue weighted by molar-refractivity contribution is -0.309. The van der Waals surface area contributed by atoms with Gasteiger partial charge in [-0.05, 0) is 67.7 Å². The summed E-state index contributed by atoms with van der Waals surface area (Å²) in [5.74, 6) is -3.72. The van der Waals surface area contributed by atoms with E-state index in [2.05, 4.69) is 33.9 Å². The van der Waals surface area contributed by atoms with Crippen LogP contribution in [0, 0.1) is 22.7 Å². The molecular formula is C41H56O11Si. The fourth-order valence-electron chi connectivity index (χ4n) is 9.68. The van der Waals surface area contributed by atoms with Gasteiger partial charge in [-0.2, -0.15) is 0 Å². The van der Waals surface area contributed by atoms with Gasteiger partial charge in [0.15, 0.2) is 14.1 Å². The number of fused-ring (bicyclic) bond motifs is 6. The van der Waals surface area contributed by atoms with E-state index in [9.17, 15) is 15.0 Å². The lowest BCUT2D eigenvalue weighted by Gasteiger charge is -2.64. The van der Waals surface area contributed by atoms with Crippen LogP contribution in [0.3, 0.4) is 0 Å². The Bertz CT molecular complexity index is 1720. The highest BCUT2D eigenvalue weighted by molar-refractivity contribution is 6.74. The second-order valence-corrected chi connectivity index (χ2v) is 22.9. The number of hydrogen-bond acceptors (Lipinski definition) is 11. The van der Waals surface area contributed by atoms with Gasteiger partial charge in [0.05, 0.1) is 43.0 Å². The number of ether oxygens (including phenoxy) is 6. The van der Waals surface area contributed by atoms with Crippen LogP contribution in [-0.2, 0) is 39.5 Å². The summed E-state index contributed by atoms with van der Waals surface area (Å²) < 4.78 is 44.5. The molecule has 2 aliphatic heterocycles. The molecule has 0 aromatic heterocycles. The molecule has 0 radical (unpaired) electrons. The van der Waals surface area contributed by atoms with Gasteiger partial charge in [0.2, 0.25) is 5.79 Å². The molecule has 3 aliphatic carbocycles. The lowest BCUT2D eigenvalue weighted by Crippen LogP contribution is -2.80. The predicted molar refractivity (Wildman–Crippen MR) is 197 cm³/mol. The summed E-state index contributed by atoms with van der Waals surface area (Å²) in [6.07, 6.45) is -4.73. The van der Waals surface area contributed by atoms with E-state index in [1.54, 1.807) is 51.3 Å². The standard InChI is InChI=1S/C41H56O11Si/c1-36(2,3)53(9,10)52-27-20-21-39(23-49-39)30-33(50-34(43)25-14-12-11-13-15-25)40(45)35(44)41(47-8)32(51-41)28(37(40,4)5)29(31(42)38(27,30)6)48-22-24-16-18-26(46-7)19-17-24/h11-19,27-30,32-33,35,44-45H,20-23H2,1-10H3/t27-,28-,29+,30-,32-,33-,35-,38+,39+,40-,41-/m0/s1. The van der Waals surface area contributed by atoms with Gasteiger partial charge in [0, 0.05) is 24.4 Å². The van der Waals surface area contributed by atoms with E-state index in [-0.39, 0.29) is 29.6 Å². The summed E-state index contributed by atoms with van der Waals surface area (Å²) in [5, 5.41) is 25.9. The van der Waals surface area contributed by atoms with Crippen molar-refractivity contribution in [2.45, 2.75) is 127 Å². The minimum atomic E-state index is -2.53. The molecule has 11 atom stereocenters. The van der Waals surface area contributed by atoms with E-state index in [1.807, 2.05) is 31.2 Å². The van der Waals surface area contributed by atoms with E-state index in [4.69, 9.17) is 32.8 Å². The quantitative estimate of drug-likeness (QED) is 0.192. The first-order valence-electron chi connectivity index (χ1n) is 18.8. The van der Waals surface area contributed by atoms with Crippen LogP contribution in [-0.4, -0.2) is 98.6 Å². The molecule has 0 amide bonds. The Labute approximate surface area is 313 Å². The SMILES string of the molecule is COc1ccc(CO[C@H]2C(=O)[C@]3(C)[C@@H](O[Si](C)(C)C(C)(C)C)CC[C@@]4(CO4)[C@H]3[C@H](OC(=O)c3ccccc3)[C@]3(O)[C@H](O)[C@@]4(OC)O[C@H]4[C@H]2C3(C)C)cc1. The molecule has 2 saturated heterocycles. The molecule has 1 spiro atoms. The Kier molecular flexibility index (Phi) is 9.23. The average molecular weight is 753 g/mol. The number of esters is 1. The van der Waals surface area contributed by atoms with Gasteiger partial charge < -0.3 is 43.1 Å². The van der Waals surface area contributed by atoms with Crippen molar-refractivity contribution in [3.8, 4) is 5.75 Å². The van der Waals surface area contributed by atoms with Crippen molar-refractivity contribution in [2.24, 2.45) is 22.7 Å². The molecular weight excluding hydrogens is 697 g/mol. The summed E-state index contributed by atoms with van der Waals surface area (Å²) in [4.78, 5) is 30.2. The Hall–Kier alpha value is -2.68. The zero-order chi connectivity index (χ0) is 38.6. The first-order valence-corrected chi connectivity index (χ1v) is 21.7. The van der Waals surface area contributed by atoms with Gasteiger partial charge in [-0.15, -0.1) is 0 Å². The minimum Gasteiger partial charge on any atom is -0.497 e. The average Bonchev–Trinajstić information content (AvgIpc) is 4.05. The Balaban J connectivity index is 1.44. The van der Waals surface area contributed by atoms with E-state index in [0.29, 0.717) is 18.6 Å². The van der Waals surface area contributed by atoms with Crippen molar-refractivity contribution in [3.63, 3.8) is 0 Å². The molecule has 0 unspecified atom stereocenters. The molecule has 5 aliphatic rings. The molecule has 3 saturated carbocycles. The molecule has 11 nitrogen and oxygen atoms in total. The van der Waals surface area contributed by atoms with Crippen LogP contribution in [0.1, 0.15) is 70.3 Å². The summed E-state index contributed by atoms with van der Waals surface area (Å²) in [7, 11) is 0.474. The number of hydrogen-bond donors (Lipinski definition) is 2. The number of benzene rings is 2. The summed E-state index contributed by atoms with van der Waals surface area (Å²) in [6, 6.07) is 16.0. The van der Waals surface area contributed by atoms with Crippen LogP contribution >= 0.6 is 0 Å². The highest BCUT2D eigenvalue weighted by atomic mass is 28.4. The van der Waals surface area contributed by atoms with Gasteiger partial charge in [-0.1, -0.05) is 65.0 Å². The molecule has 2 aromatic rings. The molecule has 2 aromatic carbocycles. The smallest absolute Gasteiger partial charge is 0.338 e. The third-order valence-corrected chi connectivity index (χ3v) is 18.6. The van der Waals surface area contributed by atoms with E-state index >= 15 is 4.79 Å². The zero-order valence-electron chi connectivity index (χ0n) is 32.6. The second kappa shape index (κ2) is 12.7. The maximum absolute atomic E-state index is 16.0. The van der Waals surface area contributed by atoms with Gasteiger partial charge in [0.25, 0.3) is 0 Å². The predicted octanol–water partition coefficient (Wildman–Crippen LogP) is 5.45. The minimum absolute atomic E-state index is 0.0727. The van der Waals surface area contributed by atoms with Crippen LogP contribution < -0.4 is 4.74 Å². The maximum Gasteiger partial charge on any atom is 0.338 e. The highest BCUT2D eigenvalue weighted by Gasteiger charge is 2.87. The summed E-state index contributed by atoms with van der Waals surface area (Å²) >= 11 is 0. The molecule has 5 fully saturated rings. The van der Waals surface area contributed by atoms with Crippen LogP contribution in [0.4, 0.5) is 0 Å². The number of ketones is 1. The normalized spacial score (nSPS) is 40.0. The molecule has 12 heteroatoms. The van der Waals surface area contributed by atoms with Gasteiger partial charge in [-0.3, -0.25) is 4.79 Å². The molecule has 2 N–H and O–H groups in total. The number of methoxy groups -OCH3 is 2. The lowest BCUT2D eigenvalue weighted by atomic mass is 9.44. The molecule has 290 valence electrons. The number of epoxide rings is 2. The number of carbonyl (C=O) groups excluding carboxylic acids is 2. The Morgan fingerprint density at radius 3 is 2.23 bits per heavy atom. The second-order valence-electron chi connectivity index (χ2n) is 18.1. The van der Waals surface area contributed by atoms with E-state index < -0.39 is 84.5 Å². The number of Topliss-reactive ketones (excluding diaryl/α,β-unsaturated/α-hetero) is 1. The van der Waals surface area contributed by atoms with Crippen LogP contribution in [0.2, 0.25) is 18.1 Å². The molecule has 2 heterocycles. The van der Waals surface area contributed by atoms with Gasteiger partial charge in [0.1, 0.15) is 35.8 Å². The number of carbonyl (C=O) groups is 2. The largest absolute Gasteiger partial charge is 0.497 e. The Morgan fingerprint density at radius 2 is 1.66 bits per heavy atom. The maximum atomic E-state index is 16.0.